The van der Waals surface area contributed by atoms with E-state index in [1.54, 1.807) is 31.2 Å². The molecule has 13 heteroatoms. The Kier molecular flexibility index (Phi) is 10.8. The van der Waals surface area contributed by atoms with Crippen LogP contribution >= 0.6 is 0 Å². The van der Waals surface area contributed by atoms with Crippen molar-refractivity contribution in [2.45, 2.75) is 65.5 Å². The summed E-state index contributed by atoms with van der Waals surface area (Å²) in [5.74, 6) is -2.07. The molecule has 0 radical (unpaired) electrons. The molecule has 2 N–H and O–H groups in total. The van der Waals surface area contributed by atoms with Crippen LogP contribution in [0.1, 0.15) is 63.9 Å². The first-order valence-corrected chi connectivity index (χ1v) is 15.4. The maximum atomic E-state index is 13.5. The molecule has 1 aromatic heterocycles. The number of pyridine rings is 1. The minimum Gasteiger partial charge on any atom is -0.483 e. The predicted octanol–water partition coefficient (Wildman–Crippen LogP) is 2.91. The van der Waals surface area contributed by atoms with Crippen LogP contribution in [-0.4, -0.2) is 113 Å². The first-order chi connectivity index (χ1) is 21.4. The standard InChI is InChI=1S/C32H43N5O8/c1-5-44-31(43)36-17-15-35(16-18-36)30(42)23(12-13-28(39)40)34-29(41)24-19-25(21-9-6-7-10-22(21)33-24)45-20-27(38)37-14-8-11-26(37)32(2,3)4/h6-7,9-10,19,23,26H,5,8,11-18,20H2,1-4H3,(H,34,41)(H,39,40)/t23-,26?/m0/s1. The van der Waals surface area contributed by atoms with E-state index in [4.69, 9.17) is 9.47 Å². The van der Waals surface area contributed by atoms with Gasteiger partial charge in [-0.3, -0.25) is 19.2 Å². The fourth-order valence-corrected chi connectivity index (χ4v) is 5.87. The summed E-state index contributed by atoms with van der Waals surface area (Å²) in [6.07, 6.45) is 0.929. The molecule has 2 saturated heterocycles. The molecular formula is C32H43N5O8. The van der Waals surface area contributed by atoms with Gasteiger partial charge in [0.15, 0.2) is 6.61 Å². The van der Waals surface area contributed by atoms with Gasteiger partial charge in [0, 0.05) is 56.6 Å². The van der Waals surface area contributed by atoms with Gasteiger partial charge in [0.2, 0.25) is 5.91 Å². The second kappa shape index (κ2) is 14.6. The zero-order valence-corrected chi connectivity index (χ0v) is 26.4. The van der Waals surface area contributed by atoms with Gasteiger partial charge in [0.1, 0.15) is 17.5 Å². The number of benzene rings is 1. The first kappa shape index (κ1) is 33.5. The third-order valence-corrected chi connectivity index (χ3v) is 8.20. The molecule has 0 saturated carbocycles. The lowest BCUT2D eigenvalue weighted by molar-refractivity contribution is -0.138. The number of carbonyl (C=O) groups is 5. The van der Waals surface area contributed by atoms with Crippen molar-refractivity contribution in [2.75, 3.05) is 45.9 Å². The largest absolute Gasteiger partial charge is 0.483 e. The number of ether oxygens (including phenoxy) is 2. The maximum Gasteiger partial charge on any atom is 0.409 e. The number of amides is 4. The normalized spacial score (nSPS) is 17.6. The number of fused-ring (bicyclic) bond motifs is 1. The van der Waals surface area contributed by atoms with Crippen LogP contribution in [0.25, 0.3) is 10.9 Å². The van der Waals surface area contributed by atoms with Gasteiger partial charge in [-0.15, -0.1) is 0 Å². The number of piperazine rings is 1. The first-order valence-electron chi connectivity index (χ1n) is 15.4. The summed E-state index contributed by atoms with van der Waals surface area (Å²) in [5.41, 5.74) is 0.360. The van der Waals surface area contributed by atoms with Crippen molar-refractivity contribution in [3.05, 3.63) is 36.0 Å². The summed E-state index contributed by atoms with van der Waals surface area (Å²) in [5, 5.41) is 12.6. The van der Waals surface area contributed by atoms with Gasteiger partial charge in [-0.05, 0) is 43.7 Å². The van der Waals surface area contributed by atoms with Crippen molar-refractivity contribution in [1.29, 1.82) is 0 Å². The molecule has 2 aliphatic rings. The molecule has 4 amide bonds. The van der Waals surface area contributed by atoms with Crippen molar-refractivity contribution >= 4 is 40.7 Å². The Morgan fingerprint density at radius 3 is 2.40 bits per heavy atom. The summed E-state index contributed by atoms with van der Waals surface area (Å²) in [7, 11) is 0. The van der Waals surface area contributed by atoms with Gasteiger partial charge in [0.25, 0.3) is 11.8 Å². The fourth-order valence-electron chi connectivity index (χ4n) is 5.87. The summed E-state index contributed by atoms with van der Waals surface area (Å²) >= 11 is 0. The van der Waals surface area contributed by atoms with Crippen LogP contribution in [0.5, 0.6) is 5.75 Å². The lowest BCUT2D eigenvalue weighted by Crippen LogP contribution is -2.56. The summed E-state index contributed by atoms with van der Waals surface area (Å²) in [6.45, 7) is 9.68. The fraction of sp³-hybridized carbons (Fsp3) is 0.562. The maximum absolute atomic E-state index is 13.5. The van der Waals surface area contributed by atoms with Gasteiger partial charge < -0.3 is 34.6 Å². The molecule has 2 aliphatic heterocycles. The third kappa shape index (κ3) is 8.40. The number of carboxylic acids is 1. The predicted molar refractivity (Wildman–Crippen MR) is 165 cm³/mol. The van der Waals surface area contributed by atoms with Crippen LogP contribution in [0, 0.1) is 5.41 Å². The molecule has 13 nitrogen and oxygen atoms in total. The van der Waals surface area contributed by atoms with Crippen LogP contribution < -0.4 is 10.1 Å². The number of hydrogen-bond donors (Lipinski definition) is 2. The van der Waals surface area contributed by atoms with E-state index < -0.39 is 29.9 Å². The zero-order valence-electron chi connectivity index (χ0n) is 26.4. The van der Waals surface area contributed by atoms with Crippen LogP contribution in [0.4, 0.5) is 4.79 Å². The molecule has 2 fully saturated rings. The minimum absolute atomic E-state index is 0.0369. The molecule has 1 unspecified atom stereocenters. The number of rotatable bonds is 10. The quantitative estimate of drug-likeness (QED) is 0.405. The van der Waals surface area contributed by atoms with Crippen molar-refractivity contribution in [3.63, 3.8) is 0 Å². The smallest absolute Gasteiger partial charge is 0.409 e. The molecule has 4 rings (SSSR count). The number of nitrogens with one attached hydrogen (secondary N) is 1. The molecule has 1 aromatic carbocycles. The topological polar surface area (TPSA) is 159 Å². The molecule has 2 atom stereocenters. The van der Waals surface area contributed by atoms with E-state index >= 15 is 0 Å². The molecule has 244 valence electrons. The lowest BCUT2D eigenvalue weighted by atomic mass is 9.85. The summed E-state index contributed by atoms with van der Waals surface area (Å²) in [6, 6.07) is 7.48. The molecule has 45 heavy (non-hydrogen) atoms. The molecule has 3 heterocycles. The number of carbonyl (C=O) groups excluding carboxylic acids is 4. The highest BCUT2D eigenvalue weighted by Gasteiger charge is 2.37. The zero-order chi connectivity index (χ0) is 32.7. The SMILES string of the molecule is CCOC(=O)N1CCN(C(=O)[C@H](CCC(=O)O)NC(=O)c2cc(OCC(=O)N3CCCC3C(C)(C)C)c3ccccc3n2)CC1. The van der Waals surface area contributed by atoms with E-state index in [0.717, 1.165) is 12.8 Å². The second-order valence-corrected chi connectivity index (χ2v) is 12.4. The Bertz CT molecular complexity index is 1420. The number of likely N-dealkylation sites (tertiary alicyclic amines) is 1. The minimum atomic E-state index is -1.13. The highest BCUT2D eigenvalue weighted by molar-refractivity contribution is 5.99. The van der Waals surface area contributed by atoms with Crippen molar-refractivity contribution in [2.24, 2.45) is 5.41 Å². The Balaban J connectivity index is 1.49. The number of carboxylic acid groups (broad SMARTS) is 1. The monoisotopic (exact) mass is 625 g/mol. The molecular weight excluding hydrogens is 582 g/mol. The molecule has 0 aliphatic carbocycles. The van der Waals surface area contributed by atoms with E-state index in [0.29, 0.717) is 23.2 Å². The van der Waals surface area contributed by atoms with E-state index in [9.17, 15) is 29.1 Å². The highest BCUT2D eigenvalue weighted by Crippen LogP contribution is 2.33. The van der Waals surface area contributed by atoms with Crippen molar-refractivity contribution < 1.29 is 38.6 Å². The van der Waals surface area contributed by atoms with Crippen molar-refractivity contribution in [3.8, 4) is 5.75 Å². The Morgan fingerprint density at radius 2 is 1.73 bits per heavy atom. The molecule has 2 aromatic rings. The van der Waals surface area contributed by atoms with Crippen LogP contribution in [0.3, 0.4) is 0 Å². The average molecular weight is 626 g/mol. The number of aromatic nitrogens is 1. The Labute approximate surface area is 262 Å². The number of para-hydroxylation sites is 1. The van der Waals surface area contributed by atoms with E-state index in [-0.39, 0.29) is 75.3 Å². The van der Waals surface area contributed by atoms with Gasteiger partial charge in [0.05, 0.1) is 12.1 Å². The van der Waals surface area contributed by atoms with Gasteiger partial charge in [-0.2, -0.15) is 0 Å². The van der Waals surface area contributed by atoms with E-state index in [2.05, 4.69) is 31.1 Å². The van der Waals surface area contributed by atoms with Crippen molar-refractivity contribution in [1.82, 2.24) is 25.0 Å². The van der Waals surface area contributed by atoms with E-state index in [1.807, 2.05) is 4.90 Å². The summed E-state index contributed by atoms with van der Waals surface area (Å²) < 4.78 is 11.0. The third-order valence-electron chi connectivity index (χ3n) is 8.20. The number of aliphatic carboxylic acids is 1. The lowest BCUT2D eigenvalue weighted by Gasteiger charge is -2.36. The van der Waals surface area contributed by atoms with Gasteiger partial charge >= 0.3 is 12.1 Å². The summed E-state index contributed by atoms with van der Waals surface area (Å²) in [4.78, 5) is 72.9. The van der Waals surface area contributed by atoms with Gasteiger partial charge in [-0.25, -0.2) is 9.78 Å². The number of nitrogens with zero attached hydrogens (tertiary/aromatic N) is 4. The highest BCUT2D eigenvalue weighted by atomic mass is 16.6. The molecule has 0 bridgehead atoms. The van der Waals surface area contributed by atoms with E-state index in [1.165, 1.54) is 15.9 Å². The van der Waals surface area contributed by atoms with Gasteiger partial charge in [-0.1, -0.05) is 32.9 Å². The average Bonchev–Trinajstić information content (AvgIpc) is 3.53. The Hall–Kier alpha value is -4.42. The van der Waals surface area contributed by atoms with Crippen LogP contribution in [0.15, 0.2) is 30.3 Å². The number of hydrogen-bond acceptors (Lipinski definition) is 8. The Morgan fingerprint density at radius 1 is 1.04 bits per heavy atom. The van der Waals surface area contributed by atoms with Crippen LogP contribution in [0.2, 0.25) is 0 Å². The second-order valence-electron chi connectivity index (χ2n) is 12.4. The molecule has 0 spiro atoms. The van der Waals surface area contributed by atoms with Crippen LogP contribution in [-0.2, 0) is 19.1 Å².